The lowest BCUT2D eigenvalue weighted by Crippen LogP contribution is -2.39. The quantitative estimate of drug-likeness (QED) is 0.762. The summed E-state index contributed by atoms with van der Waals surface area (Å²) in [4.78, 5) is 9.49. The van der Waals surface area contributed by atoms with Gasteiger partial charge in [-0.3, -0.25) is 9.82 Å². The van der Waals surface area contributed by atoms with Crippen LogP contribution >= 0.6 is 0 Å². The van der Waals surface area contributed by atoms with E-state index >= 15 is 0 Å². The van der Waals surface area contributed by atoms with Crippen molar-refractivity contribution in [1.82, 2.24) is 14.8 Å². The van der Waals surface area contributed by atoms with Crippen molar-refractivity contribution >= 4 is 10.0 Å². The zero-order valence-corrected chi connectivity index (χ0v) is 16.3. The second kappa shape index (κ2) is 8.22. The molecule has 1 aliphatic heterocycles. The first-order valence-corrected chi connectivity index (χ1v) is 9.96. The summed E-state index contributed by atoms with van der Waals surface area (Å²) in [5, 5.41) is 0.749. The standard InChI is InChI=1S/C18H23N3O5S/c1-21-17(14-5-4-6-15(24-2)18(14)25-3)16(12-26-21)27(22,23)20-11-13-7-9-19-10-8-13/h4-10,16-17,20H,11-12H2,1-3H3. The maximum atomic E-state index is 13.0. The van der Waals surface area contributed by atoms with Crippen molar-refractivity contribution in [3.8, 4) is 11.5 Å². The first-order valence-electron chi connectivity index (χ1n) is 8.42. The van der Waals surface area contributed by atoms with Crippen LogP contribution < -0.4 is 14.2 Å². The molecule has 2 unspecified atom stereocenters. The zero-order valence-electron chi connectivity index (χ0n) is 15.5. The minimum absolute atomic E-state index is 0.0488. The predicted molar refractivity (Wildman–Crippen MR) is 99.8 cm³/mol. The number of benzene rings is 1. The highest BCUT2D eigenvalue weighted by Crippen LogP contribution is 2.42. The van der Waals surface area contributed by atoms with Crippen molar-refractivity contribution in [2.45, 2.75) is 17.8 Å². The number of hydroxylamine groups is 2. The van der Waals surface area contributed by atoms with E-state index in [2.05, 4.69) is 9.71 Å². The van der Waals surface area contributed by atoms with Crippen molar-refractivity contribution in [1.29, 1.82) is 0 Å². The molecule has 2 atom stereocenters. The van der Waals surface area contributed by atoms with Gasteiger partial charge in [0, 0.05) is 31.5 Å². The summed E-state index contributed by atoms with van der Waals surface area (Å²) < 4.78 is 39.5. The summed E-state index contributed by atoms with van der Waals surface area (Å²) in [5.74, 6) is 1.04. The van der Waals surface area contributed by atoms with Gasteiger partial charge in [-0.2, -0.15) is 5.06 Å². The highest BCUT2D eigenvalue weighted by Gasteiger charge is 2.44. The molecule has 1 fully saturated rings. The summed E-state index contributed by atoms with van der Waals surface area (Å²) in [5.41, 5.74) is 1.52. The van der Waals surface area contributed by atoms with E-state index < -0.39 is 21.3 Å². The smallest absolute Gasteiger partial charge is 0.219 e. The maximum Gasteiger partial charge on any atom is 0.219 e. The van der Waals surface area contributed by atoms with E-state index in [9.17, 15) is 8.42 Å². The molecule has 27 heavy (non-hydrogen) atoms. The Morgan fingerprint density at radius 1 is 1.22 bits per heavy atom. The Morgan fingerprint density at radius 3 is 2.63 bits per heavy atom. The summed E-state index contributed by atoms with van der Waals surface area (Å²) in [7, 11) is 1.12. The molecule has 0 saturated carbocycles. The second-order valence-electron chi connectivity index (χ2n) is 6.13. The van der Waals surface area contributed by atoms with Crippen LogP contribution in [0.15, 0.2) is 42.7 Å². The van der Waals surface area contributed by atoms with Crippen molar-refractivity contribution in [3.63, 3.8) is 0 Å². The molecular weight excluding hydrogens is 370 g/mol. The predicted octanol–water partition coefficient (Wildman–Crippen LogP) is 1.51. The third kappa shape index (κ3) is 4.06. The van der Waals surface area contributed by atoms with E-state index in [1.54, 1.807) is 55.9 Å². The SMILES string of the molecule is COc1cccc(C2C(S(=O)(=O)NCc3ccncc3)CON2C)c1OC. The fourth-order valence-corrected chi connectivity index (χ4v) is 4.67. The van der Waals surface area contributed by atoms with Gasteiger partial charge in [0.15, 0.2) is 11.5 Å². The van der Waals surface area contributed by atoms with Crippen LogP contribution in [-0.4, -0.2) is 51.6 Å². The van der Waals surface area contributed by atoms with Gasteiger partial charge >= 0.3 is 0 Å². The molecule has 8 nitrogen and oxygen atoms in total. The molecule has 0 aliphatic carbocycles. The monoisotopic (exact) mass is 393 g/mol. The summed E-state index contributed by atoms with van der Waals surface area (Å²) >= 11 is 0. The Bertz CT molecular complexity index is 876. The number of aromatic nitrogens is 1. The molecule has 1 aromatic heterocycles. The van der Waals surface area contributed by atoms with Gasteiger partial charge in [-0.15, -0.1) is 0 Å². The highest BCUT2D eigenvalue weighted by molar-refractivity contribution is 7.90. The molecule has 1 saturated heterocycles. The normalized spacial score (nSPS) is 20.6. The molecule has 0 amide bonds. The number of hydrogen-bond donors (Lipinski definition) is 1. The summed E-state index contributed by atoms with van der Waals surface area (Å²) in [6.45, 7) is 0.236. The van der Waals surface area contributed by atoms with Crippen molar-refractivity contribution in [2.24, 2.45) is 0 Å². The molecule has 146 valence electrons. The number of hydrogen-bond acceptors (Lipinski definition) is 7. The van der Waals surface area contributed by atoms with Gasteiger partial charge < -0.3 is 9.47 Å². The number of pyridine rings is 1. The number of rotatable bonds is 7. The second-order valence-corrected chi connectivity index (χ2v) is 8.11. The molecular formula is C18H23N3O5S. The molecule has 0 bridgehead atoms. The lowest BCUT2D eigenvalue weighted by Gasteiger charge is -2.25. The van der Waals surface area contributed by atoms with Gasteiger partial charge in [0.1, 0.15) is 5.25 Å². The van der Waals surface area contributed by atoms with E-state index in [4.69, 9.17) is 14.3 Å². The topological polar surface area (TPSA) is 90.0 Å². The Kier molecular flexibility index (Phi) is 5.95. The third-order valence-electron chi connectivity index (χ3n) is 4.56. The Balaban J connectivity index is 1.89. The van der Waals surface area contributed by atoms with E-state index in [-0.39, 0.29) is 13.2 Å². The minimum atomic E-state index is -3.67. The molecule has 3 rings (SSSR count). The van der Waals surface area contributed by atoms with E-state index in [1.807, 2.05) is 6.07 Å². The summed E-state index contributed by atoms with van der Waals surface area (Å²) in [6, 6.07) is 8.39. The zero-order chi connectivity index (χ0) is 19.4. The number of nitrogens with zero attached hydrogens (tertiary/aromatic N) is 2. The van der Waals surface area contributed by atoms with Crippen LogP contribution in [-0.2, 0) is 21.4 Å². The Morgan fingerprint density at radius 2 is 1.96 bits per heavy atom. The van der Waals surface area contributed by atoms with Gasteiger partial charge in [-0.1, -0.05) is 12.1 Å². The van der Waals surface area contributed by atoms with Crippen molar-refractivity contribution in [3.05, 3.63) is 53.9 Å². The molecule has 2 aromatic rings. The van der Waals surface area contributed by atoms with E-state index in [1.165, 1.54) is 7.11 Å². The molecule has 1 aliphatic rings. The van der Waals surface area contributed by atoms with E-state index in [0.29, 0.717) is 17.1 Å². The third-order valence-corrected chi connectivity index (χ3v) is 6.30. The van der Waals surface area contributed by atoms with Crippen LogP contribution in [0.1, 0.15) is 17.2 Å². The highest BCUT2D eigenvalue weighted by atomic mass is 32.2. The van der Waals surface area contributed by atoms with Gasteiger partial charge in [0.2, 0.25) is 10.0 Å². The Labute approximate surface area is 159 Å². The molecule has 0 radical (unpaired) electrons. The average molecular weight is 393 g/mol. The maximum absolute atomic E-state index is 13.0. The Hall–Kier alpha value is -2.20. The van der Waals surface area contributed by atoms with Crippen LogP contribution in [0, 0.1) is 0 Å². The van der Waals surface area contributed by atoms with Crippen LogP contribution in [0.5, 0.6) is 11.5 Å². The first kappa shape index (κ1) is 19.6. The van der Waals surface area contributed by atoms with Crippen LogP contribution in [0.25, 0.3) is 0 Å². The van der Waals surface area contributed by atoms with Gasteiger partial charge in [0.05, 0.1) is 26.9 Å². The number of sulfonamides is 1. The largest absolute Gasteiger partial charge is 0.493 e. The fourth-order valence-electron chi connectivity index (χ4n) is 3.19. The lowest BCUT2D eigenvalue weighted by molar-refractivity contribution is -0.110. The molecule has 1 N–H and O–H groups in total. The number of ether oxygens (including phenoxy) is 2. The van der Waals surface area contributed by atoms with Gasteiger partial charge in [-0.05, 0) is 23.8 Å². The molecule has 0 spiro atoms. The van der Waals surface area contributed by atoms with Gasteiger partial charge in [0.25, 0.3) is 0 Å². The molecule has 1 aromatic carbocycles. The van der Waals surface area contributed by atoms with Gasteiger partial charge in [-0.25, -0.2) is 13.1 Å². The lowest BCUT2D eigenvalue weighted by atomic mass is 10.0. The van der Waals surface area contributed by atoms with Crippen LogP contribution in [0.2, 0.25) is 0 Å². The van der Waals surface area contributed by atoms with Crippen LogP contribution in [0.4, 0.5) is 0 Å². The number of para-hydroxylation sites is 1. The minimum Gasteiger partial charge on any atom is -0.493 e. The van der Waals surface area contributed by atoms with E-state index in [0.717, 1.165) is 5.56 Å². The molecule has 2 heterocycles. The number of nitrogens with one attached hydrogen (secondary N) is 1. The van der Waals surface area contributed by atoms with Crippen molar-refractivity contribution in [2.75, 3.05) is 27.9 Å². The average Bonchev–Trinajstić information content (AvgIpc) is 3.08. The fraction of sp³-hybridized carbons (Fsp3) is 0.389. The van der Waals surface area contributed by atoms with Crippen molar-refractivity contribution < 1.29 is 22.7 Å². The first-order chi connectivity index (χ1) is 13.0. The molecule has 9 heteroatoms. The summed E-state index contributed by atoms with van der Waals surface area (Å²) in [6.07, 6.45) is 3.25. The number of methoxy groups -OCH3 is 2. The van der Waals surface area contributed by atoms with Crippen LogP contribution in [0.3, 0.4) is 0 Å².